The second-order valence-corrected chi connectivity index (χ2v) is 10.1. The van der Waals surface area contributed by atoms with Gasteiger partial charge in [-0.05, 0) is 67.2 Å². The first-order chi connectivity index (χ1) is 11.9. The Morgan fingerprint density at radius 1 is 1.42 bits per heavy atom. The Hall–Kier alpha value is -1.19. The van der Waals surface area contributed by atoms with Gasteiger partial charge >= 0.3 is 6.09 Å². The number of likely N-dealkylation sites (tertiary alicyclic amines) is 1. The van der Waals surface area contributed by atoms with Gasteiger partial charge in [-0.1, -0.05) is 6.07 Å². The first-order valence-corrected chi connectivity index (χ1v) is 10.9. The highest BCUT2D eigenvalue weighted by atomic mass is 79.9. The monoisotopic (exact) mass is 450 g/mol. The molecule has 1 aliphatic rings. The molecule has 26 heavy (non-hydrogen) atoms. The van der Waals surface area contributed by atoms with Gasteiger partial charge in [0, 0.05) is 12.6 Å². The number of hydrogen-bond donors (Lipinski definition) is 1. The topological polar surface area (TPSA) is 75.7 Å². The van der Waals surface area contributed by atoms with Crippen molar-refractivity contribution in [2.75, 3.05) is 12.8 Å². The number of benzene rings is 1. The lowest BCUT2D eigenvalue weighted by molar-refractivity contribution is 0.0218. The van der Waals surface area contributed by atoms with Crippen molar-refractivity contribution in [3.63, 3.8) is 0 Å². The predicted molar refractivity (Wildman–Crippen MR) is 101 cm³/mol. The lowest BCUT2D eigenvalue weighted by atomic mass is 10.0. The average Bonchev–Trinajstić information content (AvgIpc) is 2.82. The molecule has 0 radical (unpaired) electrons. The van der Waals surface area contributed by atoms with Crippen LogP contribution < -0.4 is 4.72 Å². The zero-order valence-corrected chi connectivity index (χ0v) is 17.7. The fourth-order valence-electron chi connectivity index (χ4n) is 2.97. The van der Waals surface area contributed by atoms with Crippen LogP contribution in [0.4, 0.5) is 9.18 Å². The van der Waals surface area contributed by atoms with Crippen molar-refractivity contribution < 1.29 is 22.3 Å². The third-order valence-corrected chi connectivity index (χ3v) is 5.31. The summed E-state index contributed by atoms with van der Waals surface area (Å²) in [6, 6.07) is 3.76. The Bertz CT molecular complexity index is 779. The van der Waals surface area contributed by atoms with E-state index in [1.807, 2.05) is 0 Å². The van der Waals surface area contributed by atoms with Crippen molar-refractivity contribution in [1.29, 1.82) is 0 Å². The first-order valence-electron chi connectivity index (χ1n) is 8.26. The molecule has 146 valence electrons. The maximum atomic E-state index is 13.5. The average molecular weight is 451 g/mol. The summed E-state index contributed by atoms with van der Waals surface area (Å²) in [6.45, 7) is 5.72. The van der Waals surface area contributed by atoms with Crippen LogP contribution in [0.2, 0.25) is 0 Å². The van der Waals surface area contributed by atoms with Crippen LogP contribution in [-0.2, 0) is 21.2 Å². The number of ether oxygens (including phenoxy) is 1. The second kappa shape index (κ2) is 7.82. The third kappa shape index (κ3) is 5.92. The summed E-state index contributed by atoms with van der Waals surface area (Å²) in [6.07, 6.45) is 1.47. The molecule has 6 nitrogen and oxygen atoms in total. The van der Waals surface area contributed by atoms with Crippen LogP contribution in [0, 0.1) is 5.82 Å². The fourth-order valence-corrected chi connectivity index (χ4v) is 4.22. The standard InChI is InChI=1S/C17H24BrFN2O4S/c1-17(2,3)25-16(22)21-8-7-14(20-26(4,23)24)15(21)10-11-5-6-13(19)12(18)9-11/h5-6,9,14-15,20H,7-8,10H2,1-4H3. The highest BCUT2D eigenvalue weighted by Gasteiger charge is 2.40. The molecule has 2 unspecified atom stereocenters. The number of nitrogens with one attached hydrogen (secondary N) is 1. The molecule has 0 saturated carbocycles. The van der Waals surface area contributed by atoms with Gasteiger partial charge < -0.3 is 9.64 Å². The summed E-state index contributed by atoms with van der Waals surface area (Å²) in [4.78, 5) is 14.1. The Balaban J connectivity index is 2.26. The number of carbonyl (C=O) groups excluding carboxylic acids is 1. The van der Waals surface area contributed by atoms with Gasteiger partial charge in [0.05, 0.1) is 16.8 Å². The van der Waals surface area contributed by atoms with E-state index in [2.05, 4.69) is 20.7 Å². The zero-order valence-electron chi connectivity index (χ0n) is 15.3. The minimum absolute atomic E-state index is 0.324. The van der Waals surface area contributed by atoms with E-state index in [0.29, 0.717) is 23.9 Å². The van der Waals surface area contributed by atoms with Crippen molar-refractivity contribution in [3.05, 3.63) is 34.1 Å². The molecule has 1 aliphatic heterocycles. The Morgan fingerprint density at radius 2 is 2.08 bits per heavy atom. The highest BCUT2D eigenvalue weighted by Crippen LogP contribution is 2.26. The minimum atomic E-state index is -3.43. The van der Waals surface area contributed by atoms with E-state index in [0.717, 1.165) is 11.8 Å². The van der Waals surface area contributed by atoms with Crippen molar-refractivity contribution in [2.24, 2.45) is 0 Å². The largest absolute Gasteiger partial charge is 0.444 e. The highest BCUT2D eigenvalue weighted by molar-refractivity contribution is 9.10. The molecular formula is C17H24BrFN2O4S. The molecule has 0 aromatic heterocycles. The summed E-state index contributed by atoms with van der Waals surface area (Å²) in [5.41, 5.74) is 0.141. The van der Waals surface area contributed by atoms with Gasteiger partial charge in [0.2, 0.25) is 10.0 Å². The smallest absolute Gasteiger partial charge is 0.410 e. The molecule has 0 aliphatic carbocycles. The fraction of sp³-hybridized carbons (Fsp3) is 0.588. The van der Waals surface area contributed by atoms with Gasteiger partial charge in [-0.15, -0.1) is 0 Å². The van der Waals surface area contributed by atoms with E-state index < -0.39 is 33.8 Å². The van der Waals surface area contributed by atoms with E-state index in [4.69, 9.17) is 4.74 Å². The number of nitrogens with zero attached hydrogens (tertiary/aromatic N) is 1. The molecule has 0 bridgehead atoms. The van der Waals surface area contributed by atoms with Gasteiger partial charge in [-0.25, -0.2) is 22.3 Å². The van der Waals surface area contributed by atoms with Crippen LogP contribution in [0.15, 0.2) is 22.7 Å². The summed E-state index contributed by atoms with van der Waals surface area (Å²) in [7, 11) is -3.43. The minimum Gasteiger partial charge on any atom is -0.444 e. The lowest BCUT2D eigenvalue weighted by Gasteiger charge is -2.31. The number of carbonyl (C=O) groups is 1. The van der Waals surface area contributed by atoms with E-state index in [1.54, 1.807) is 37.8 Å². The van der Waals surface area contributed by atoms with Gasteiger partial charge in [-0.3, -0.25) is 0 Å². The molecule has 1 N–H and O–H groups in total. The van der Waals surface area contributed by atoms with Crippen LogP contribution in [0.1, 0.15) is 32.8 Å². The van der Waals surface area contributed by atoms with Crippen LogP contribution in [0.3, 0.4) is 0 Å². The molecule has 1 saturated heterocycles. The van der Waals surface area contributed by atoms with E-state index in [9.17, 15) is 17.6 Å². The molecule has 2 rings (SSSR count). The first kappa shape index (κ1) is 21.1. The van der Waals surface area contributed by atoms with E-state index >= 15 is 0 Å². The molecule has 1 amide bonds. The molecule has 1 fully saturated rings. The van der Waals surface area contributed by atoms with Crippen LogP contribution in [0.25, 0.3) is 0 Å². The normalized spacial score (nSPS) is 21.1. The van der Waals surface area contributed by atoms with Crippen molar-refractivity contribution >= 4 is 32.0 Å². The molecule has 0 spiro atoms. The number of hydrogen-bond acceptors (Lipinski definition) is 4. The van der Waals surface area contributed by atoms with Crippen molar-refractivity contribution in [1.82, 2.24) is 9.62 Å². The Morgan fingerprint density at radius 3 is 2.62 bits per heavy atom. The Kier molecular flexibility index (Phi) is 6.35. The zero-order chi connectivity index (χ0) is 19.7. The molecule has 1 heterocycles. The molecule has 1 aromatic carbocycles. The lowest BCUT2D eigenvalue weighted by Crippen LogP contribution is -2.48. The summed E-state index contributed by atoms with van der Waals surface area (Å²) in [5, 5.41) is 0. The van der Waals surface area contributed by atoms with Gasteiger partial charge in [0.25, 0.3) is 0 Å². The van der Waals surface area contributed by atoms with Gasteiger partial charge in [-0.2, -0.15) is 0 Å². The Labute approximate surface area is 162 Å². The van der Waals surface area contributed by atoms with Crippen LogP contribution in [-0.4, -0.2) is 49.9 Å². The quantitative estimate of drug-likeness (QED) is 0.764. The second-order valence-electron chi connectivity index (χ2n) is 7.48. The molecule has 9 heteroatoms. The van der Waals surface area contributed by atoms with E-state index in [-0.39, 0.29) is 5.82 Å². The maximum absolute atomic E-state index is 13.5. The molecule has 2 atom stereocenters. The number of rotatable bonds is 4. The summed E-state index contributed by atoms with van der Waals surface area (Å²) < 4.78 is 45.2. The van der Waals surface area contributed by atoms with E-state index in [1.165, 1.54) is 6.07 Å². The van der Waals surface area contributed by atoms with Crippen molar-refractivity contribution in [3.8, 4) is 0 Å². The van der Waals surface area contributed by atoms with Crippen LogP contribution >= 0.6 is 15.9 Å². The summed E-state index contributed by atoms with van der Waals surface area (Å²) in [5.74, 6) is -0.380. The van der Waals surface area contributed by atoms with Crippen molar-refractivity contribution in [2.45, 2.75) is 51.3 Å². The summed E-state index contributed by atoms with van der Waals surface area (Å²) >= 11 is 3.15. The number of amides is 1. The number of sulfonamides is 1. The van der Waals surface area contributed by atoms with Crippen LogP contribution in [0.5, 0.6) is 0 Å². The van der Waals surface area contributed by atoms with Gasteiger partial charge in [0.15, 0.2) is 0 Å². The SMILES string of the molecule is CC(C)(C)OC(=O)N1CCC(NS(C)(=O)=O)C1Cc1ccc(F)c(Br)c1. The van der Waals surface area contributed by atoms with Gasteiger partial charge in [0.1, 0.15) is 11.4 Å². The third-order valence-electron chi connectivity index (χ3n) is 3.97. The predicted octanol–water partition coefficient (Wildman–Crippen LogP) is 3.06. The molecular weight excluding hydrogens is 427 g/mol. The number of halogens is 2. The molecule has 1 aromatic rings. The maximum Gasteiger partial charge on any atom is 0.410 e.